The number of carboxylic acid groups (broad SMARTS) is 1. The first-order valence-electron chi connectivity index (χ1n) is 13.4. The maximum Gasteiger partial charge on any atom is 0.410 e. The van der Waals surface area contributed by atoms with Gasteiger partial charge in [-0.3, -0.25) is 9.59 Å². The Kier molecular flexibility index (Phi) is 11.0. The van der Waals surface area contributed by atoms with E-state index < -0.39 is 46.1 Å². The lowest BCUT2D eigenvalue weighted by Crippen LogP contribution is -2.40. The van der Waals surface area contributed by atoms with Crippen LogP contribution in [-0.4, -0.2) is 78.7 Å². The maximum absolute atomic E-state index is 13.3. The van der Waals surface area contributed by atoms with Gasteiger partial charge in [-0.1, -0.05) is 41.9 Å². The quantitative estimate of drug-likeness (QED) is 0.306. The van der Waals surface area contributed by atoms with Crippen molar-refractivity contribution in [1.82, 2.24) is 9.80 Å². The number of sulfone groups is 1. The number of ether oxygens (including phenoxy) is 1. The van der Waals surface area contributed by atoms with Crippen LogP contribution >= 0.6 is 11.6 Å². The summed E-state index contributed by atoms with van der Waals surface area (Å²) in [6, 6.07) is 18.3. The number of hydrogen-bond donors (Lipinski definition) is 2. The van der Waals surface area contributed by atoms with Crippen LogP contribution in [-0.2, 0) is 25.8 Å². The molecule has 0 saturated heterocycles. The summed E-state index contributed by atoms with van der Waals surface area (Å²) in [7, 11) is -2.67. The Morgan fingerprint density at radius 1 is 0.953 bits per heavy atom. The number of carboxylic acids is 1. The van der Waals surface area contributed by atoms with Crippen LogP contribution in [0.15, 0.2) is 82.6 Å². The van der Waals surface area contributed by atoms with E-state index in [1.165, 1.54) is 48.3 Å². The topological polar surface area (TPSA) is 142 Å². The van der Waals surface area contributed by atoms with Crippen LogP contribution in [0.3, 0.4) is 0 Å². The van der Waals surface area contributed by atoms with E-state index in [1.807, 2.05) is 0 Å². The number of aliphatic hydroxyl groups excluding tert-OH is 1. The average molecular weight is 631 g/mol. The molecule has 1 atom stereocenters. The molecule has 1 unspecified atom stereocenters. The van der Waals surface area contributed by atoms with E-state index in [1.54, 1.807) is 57.2 Å². The average Bonchev–Trinajstić information content (AvgIpc) is 2.93. The van der Waals surface area contributed by atoms with Gasteiger partial charge in [0.1, 0.15) is 12.1 Å². The first kappa shape index (κ1) is 33.6. The third-order valence-electron chi connectivity index (χ3n) is 6.29. The van der Waals surface area contributed by atoms with Crippen molar-refractivity contribution in [2.24, 2.45) is 0 Å². The van der Waals surface area contributed by atoms with E-state index in [0.29, 0.717) is 17.0 Å². The molecule has 3 aromatic carbocycles. The number of nitrogens with zero attached hydrogens (tertiary/aromatic N) is 2. The lowest BCUT2D eigenvalue weighted by Gasteiger charge is -2.29. The van der Waals surface area contributed by atoms with Gasteiger partial charge in [-0.05, 0) is 80.8 Å². The predicted molar refractivity (Wildman–Crippen MR) is 161 cm³/mol. The van der Waals surface area contributed by atoms with Gasteiger partial charge in [0.25, 0.3) is 5.91 Å². The van der Waals surface area contributed by atoms with Gasteiger partial charge >= 0.3 is 12.1 Å². The van der Waals surface area contributed by atoms with Crippen molar-refractivity contribution < 1.29 is 37.8 Å². The number of hydrogen-bond acceptors (Lipinski definition) is 7. The summed E-state index contributed by atoms with van der Waals surface area (Å²) in [5.74, 6) is -1.81. The Bertz CT molecular complexity index is 1570. The van der Waals surface area contributed by atoms with Crippen molar-refractivity contribution in [2.45, 2.75) is 48.7 Å². The van der Waals surface area contributed by atoms with E-state index in [-0.39, 0.29) is 28.4 Å². The Balaban J connectivity index is 1.76. The summed E-state index contributed by atoms with van der Waals surface area (Å²) in [6.45, 7) is 4.86. The van der Waals surface area contributed by atoms with Crippen LogP contribution < -0.4 is 0 Å². The third kappa shape index (κ3) is 9.54. The van der Waals surface area contributed by atoms with Crippen LogP contribution in [0.5, 0.6) is 0 Å². The van der Waals surface area contributed by atoms with Crippen LogP contribution in [0.4, 0.5) is 4.79 Å². The molecule has 0 saturated carbocycles. The van der Waals surface area contributed by atoms with Crippen LogP contribution in [0.1, 0.15) is 48.4 Å². The molecule has 230 valence electrons. The van der Waals surface area contributed by atoms with Crippen LogP contribution in [0.2, 0.25) is 5.02 Å². The molecule has 0 aliphatic heterocycles. The lowest BCUT2D eigenvalue weighted by molar-refractivity contribution is -0.137. The first-order valence-corrected chi connectivity index (χ1v) is 15.3. The van der Waals surface area contributed by atoms with Crippen molar-refractivity contribution in [3.63, 3.8) is 0 Å². The molecular weight excluding hydrogens is 596 g/mol. The van der Waals surface area contributed by atoms with Gasteiger partial charge < -0.3 is 24.7 Å². The van der Waals surface area contributed by atoms with Crippen LogP contribution in [0.25, 0.3) is 0 Å². The first-order chi connectivity index (χ1) is 20.1. The fourth-order valence-corrected chi connectivity index (χ4v) is 5.64. The van der Waals surface area contributed by atoms with Gasteiger partial charge in [-0.2, -0.15) is 0 Å². The van der Waals surface area contributed by atoms with E-state index in [9.17, 15) is 27.9 Å². The second kappa shape index (κ2) is 14.0. The van der Waals surface area contributed by atoms with Crippen molar-refractivity contribution in [3.8, 4) is 0 Å². The molecule has 0 aromatic heterocycles. The normalized spacial score (nSPS) is 12.3. The van der Waals surface area contributed by atoms with Crippen molar-refractivity contribution in [3.05, 3.63) is 94.5 Å². The highest BCUT2D eigenvalue weighted by atomic mass is 35.5. The molecule has 2 N–H and O–H groups in total. The highest BCUT2D eigenvalue weighted by Gasteiger charge is 2.25. The number of aliphatic hydroxyl groups is 1. The molecule has 2 amide bonds. The SMILES string of the molecule is CN(CC(=O)O)C(=O)c1cccc(S(=O)(=O)c2ccc(CCN(CC(O)c3cccc(Cl)c3)C(=O)OC(C)(C)C)cc2)c1. The molecule has 10 nitrogen and oxygen atoms in total. The minimum atomic E-state index is -3.99. The molecule has 0 fully saturated rings. The largest absolute Gasteiger partial charge is 0.480 e. The van der Waals surface area contributed by atoms with E-state index in [0.717, 1.165) is 10.5 Å². The number of amides is 2. The highest BCUT2D eigenvalue weighted by molar-refractivity contribution is 7.91. The highest BCUT2D eigenvalue weighted by Crippen LogP contribution is 2.24. The molecule has 0 aliphatic carbocycles. The smallest absolute Gasteiger partial charge is 0.410 e. The number of benzene rings is 3. The lowest BCUT2D eigenvalue weighted by atomic mass is 10.1. The third-order valence-corrected chi connectivity index (χ3v) is 8.30. The second-order valence-electron chi connectivity index (χ2n) is 11.0. The number of carbonyl (C=O) groups is 3. The monoisotopic (exact) mass is 630 g/mol. The zero-order valence-electron chi connectivity index (χ0n) is 24.4. The van der Waals surface area contributed by atoms with Crippen LogP contribution in [0, 0.1) is 0 Å². The zero-order valence-corrected chi connectivity index (χ0v) is 25.9. The Hall–Kier alpha value is -3.93. The molecule has 0 radical (unpaired) electrons. The molecule has 3 aromatic rings. The van der Waals surface area contributed by atoms with Gasteiger partial charge in [0.05, 0.1) is 22.4 Å². The fraction of sp³-hybridized carbons (Fsp3) is 0.323. The fourth-order valence-electron chi connectivity index (χ4n) is 4.14. The molecule has 3 rings (SSSR count). The van der Waals surface area contributed by atoms with Gasteiger partial charge in [0, 0.05) is 24.2 Å². The Morgan fingerprint density at radius 3 is 2.21 bits per heavy atom. The summed E-state index contributed by atoms with van der Waals surface area (Å²) < 4.78 is 32.2. The molecular formula is C31H35ClN2O8S. The molecule has 12 heteroatoms. The maximum atomic E-state index is 13.3. The van der Waals surface area contributed by atoms with Crippen molar-refractivity contribution in [1.29, 1.82) is 0 Å². The summed E-state index contributed by atoms with van der Waals surface area (Å²) in [6.07, 6.45) is -1.26. The number of aliphatic carboxylic acids is 1. The summed E-state index contributed by atoms with van der Waals surface area (Å²) >= 11 is 6.06. The van der Waals surface area contributed by atoms with Gasteiger partial charge in [-0.15, -0.1) is 0 Å². The summed E-state index contributed by atoms with van der Waals surface area (Å²) in [5, 5.41) is 20.2. The molecule has 0 bridgehead atoms. The van der Waals surface area contributed by atoms with Gasteiger partial charge in [0.15, 0.2) is 0 Å². The standard InChI is InChI=1S/C31H35ClN2O8S/c1-31(2,3)42-30(39)34(19-27(35)22-7-5-9-24(32)17-22)16-15-21-11-13-25(14-12-21)43(40,41)26-10-6-8-23(18-26)29(38)33(4)20-28(36)37/h5-14,17-18,27,35H,15-16,19-20H2,1-4H3,(H,36,37). The number of carbonyl (C=O) groups excluding carboxylic acids is 2. The molecule has 0 spiro atoms. The summed E-state index contributed by atoms with van der Waals surface area (Å²) in [5.41, 5.74) is 0.586. The zero-order chi connectivity index (χ0) is 31.9. The van der Waals surface area contributed by atoms with Crippen molar-refractivity contribution in [2.75, 3.05) is 26.7 Å². The second-order valence-corrected chi connectivity index (χ2v) is 13.4. The summed E-state index contributed by atoms with van der Waals surface area (Å²) in [4.78, 5) is 38.7. The number of likely N-dealkylation sites (N-methyl/N-ethyl adjacent to an activating group) is 1. The van der Waals surface area contributed by atoms with E-state index >= 15 is 0 Å². The van der Waals surface area contributed by atoms with Gasteiger partial charge in [0.2, 0.25) is 9.84 Å². The Morgan fingerprint density at radius 2 is 1.60 bits per heavy atom. The number of rotatable bonds is 11. The van der Waals surface area contributed by atoms with Crippen molar-refractivity contribution >= 4 is 39.4 Å². The predicted octanol–water partition coefficient (Wildman–Crippen LogP) is 4.84. The van der Waals surface area contributed by atoms with E-state index in [2.05, 4.69) is 0 Å². The molecule has 0 aliphatic rings. The van der Waals surface area contributed by atoms with E-state index in [4.69, 9.17) is 21.4 Å². The molecule has 43 heavy (non-hydrogen) atoms. The Labute approximate surface area is 256 Å². The minimum absolute atomic E-state index is 0.000108. The van der Waals surface area contributed by atoms with Gasteiger partial charge in [-0.25, -0.2) is 13.2 Å². The minimum Gasteiger partial charge on any atom is -0.480 e. The number of halogens is 1. The molecule has 0 heterocycles.